The molecule has 0 bridgehead atoms. The minimum Gasteiger partial charge on any atom is -0.367 e. The van der Waals surface area contributed by atoms with E-state index in [1.165, 1.54) is 0 Å². The van der Waals surface area contributed by atoms with Crippen LogP contribution in [0.15, 0.2) is 16.8 Å². The fraction of sp³-hybridized carbons (Fsp3) is 0.800. The Labute approximate surface area is 150 Å². The van der Waals surface area contributed by atoms with Gasteiger partial charge in [-0.05, 0) is 18.4 Å². The molecule has 1 aliphatic carbocycles. The molecule has 21 heavy (non-hydrogen) atoms. The molecule has 6 unspecified atom stereocenters. The summed E-state index contributed by atoms with van der Waals surface area (Å²) in [5.74, 6) is -0.755. The first kappa shape index (κ1) is 16.7. The van der Waals surface area contributed by atoms with Crippen molar-refractivity contribution >= 4 is 47.8 Å². The lowest BCUT2D eigenvalue weighted by Gasteiger charge is -2.46. The van der Waals surface area contributed by atoms with Gasteiger partial charge in [-0.2, -0.15) is 0 Å². The number of fused-ring (bicyclic) bond motifs is 3. The first-order chi connectivity index (χ1) is 10.0. The molecule has 6 heteroatoms. The van der Waals surface area contributed by atoms with Crippen molar-refractivity contribution in [2.75, 3.05) is 0 Å². The molecule has 3 rings (SSSR count). The molecule has 0 aromatic heterocycles. The number of aliphatic hydroxyl groups is 1. The van der Waals surface area contributed by atoms with Crippen LogP contribution in [-0.4, -0.2) is 38.9 Å². The number of hydrogen-bond acceptors (Lipinski definition) is 3. The molecule has 3 aliphatic rings. The van der Waals surface area contributed by atoms with E-state index in [-0.39, 0.29) is 29.1 Å². The molecule has 3 fully saturated rings. The van der Waals surface area contributed by atoms with E-state index >= 15 is 0 Å². The summed E-state index contributed by atoms with van der Waals surface area (Å²) in [6.07, 6.45) is 4.49. The maximum atomic E-state index is 11.1. The standard InChI is InChI=1S/C15H19Br3O3/c1-2-9-10(17)7-12(18)15(19)13(9)14-11(21-15)6-8(20-14)4-3-5-16/h4-5,8-14,19H,2,6-7H2,1H3/t3?,8-,9?,10?,11?,12+,13?,14?,15?/m0/s1. The van der Waals surface area contributed by atoms with Gasteiger partial charge in [-0.15, -0.1) is 5.73 Å². The zero-order valence-electron chi connectivity index (χ0n) is 11.7. The number of rotatable bonds is 2. The maximum absolute atomic E-state index is 11.1. The monoisotopic (exact) mass is 484 g/mol. The summed E-state index contributed by atoms with van der Waals surface area (Å²) >= 11 is 10.6. The van der Waals surface area contributed by atoms with Crippen LogP contribution in [-0.2, 0) is 9.47 Å². The van der Waals surface area contributed by atoms with Crippen LogP contribution in [0.1, 0.15) is 26.2 Å². The summed E-state index contributed by atoms with van der Waals surface area (Å²) in [7, 11) is 0. The molecule has 0 radical (unpaired) electrons. The van der Waals surface area contributed by atoms with Crippen LogP contribution in [0.4, 0.5) is 0 Å². The predicted molar refractivity (Wildman–Crippen MR) is 92.0 cm³/mol. The predicted octanol–water partition coefficient (Wildman–Crippen LogP) is 3.87. The highest BCUT2D eigenvalue weighted by Crippen LogP contribution is 2.56. The molecule has 1 N–H and O–H groups in total. The minimum atomic E-state index is -1.11. The van der Waals surface area contributed by atoms with Gasteiger partial charge in [0.25, 0.3) is 0 Å². The van der Waals surface area contributed by atoms with Crippen LogP contribution in [0.2, 0.25) is 0 Å². The normalized spacial score (nSPS) is 52.0. The Hall–Kier alpha value is 0.840. The van der Waals surface area contributed by atoms with Crippen molar-refractivity contribution in [3.05, 3.63) is 16.8 Å². The average Bonchev–Trinajstić information content (AvgIpc) is 2.93. The molecule has 0 amide bonds. The fourth-order valence-electron chi connectivity index (χ4n) is 4.06. The molecule has 2 saturated heterocycles. The Morgan fingerprint density at radius 1 is 1.38 bits per heavy atom. The topological polar surface area (TPSA) is 38.7 Å². The summed E-state index contributed by atoms with van der Waals surface area (Å²) in [4.78, 5) is 2.01. The van der Waals surface area contributed by atoms with Crippen LogP contribution in [0.25, 0.3) is 0 Å². The summed E-state index contributed by atoms with van der Waals surface area (Å²) in [5.41, 5.74) is 3.01. The van der Waals surface area contributed by atoms with Gasteiger partial charge in [0.1, 0.15) is 0 Å². The van der Waals surface area contributed by atoms with E-state index in [2.05, 4.69) is 60.4 Å². The molecule has 0 aromatic rings. The van der Waals surface area contributed by atoms with E-state index in [1.807, 2.05) is 6.08 Å². The Balaban J connectivity index is 1.87. The second-order valence-electron chi connectivity index (χ2n) is 6.04. The van der Waals surface area contributed by atoms with Gasteiger partial charge < -0.3 is 14.6 Å². The summed E-state index contributed by atoms with van der Waals surface area (Å²) in [5, 5.41) is 11.1. The van der Waals surface area contributed by atoms with Crippen LogP contribution in [0, 0.1) is 11.8 Å². The van der Waals surface area contributed by atoms with Gasteiger partial charge in [0, 0.05) is 22.2 Å². The van der Waals surface area contributed by atoms with E-state index in [0.29, 0.717) is 10.7 Å². The Morgan fingerprint density at radius 2 is 2.14 bits per heavy atom. The number of ether oxygens (including phenoxy) is 2. The number of halogens is 3. The molecular weight excluding hydrogens is 468 g/mol. The van der Waals surface area contributed by atoms with Crippen molar-refractivity contribution in [2.24, 2.45) is 11.8 Å². The van der Waals surface area contributed by atoms with Gasteiger partial charge in [0.2, 0.25) is 0 Å². The third kappa shape index (κ3) is 2.75. The molecule has 118 valence electrons. The second-order valence-corrected chi connectivity index (χ2v) is 8.78. The fourth-order valence-corrected chi connectivity index (χ4v) is 6.60. The lowest BCUT2D eigenvalue weighted by atomic mass is 9.71. The lowest BCUT2D eigenvalue weighted by Crippen LogP contribution is -2.56. The first-order valence-corrected chi connectivity index (χ1v) is 10.1. The zero-order chi connectivity index (χ0) is 15.2. The highest BCUT2D eigenvalue weighted by atomic mass is 79.9. The van der Waals surface area contributed by atoms with Gasteiger partial charge in [-0.3, -0.25) is 0 Å². The maximum Gasteiger partial charge on any atom is 0.184 e. The summed E-state index contributed by atoms with van der Waals surface area (Å²) < 4.78 is 12.2. The molecule has 2 aliphatic heterocycles. The van der Waals surface area contributed by atoms with Crippen LogP contribution in [0.3, 0.4) is 0 Å². The third-order valence-electron chi connectivity index (χ3n) is 4.96. The van der Waals surface area contributed by atoms with Gasteiger partial charge in [0.15, 0.2) is 5.79 Å². The van der Waals surface area contributed by atoms with Crippen molar-refractivity contribution in [1.82, 2.24) is 0 Å². The van der Waals surface area contributed by atoms with E-state index in [0.717, 1.165) is 19.3 Å². The summed E-state index contributed by atoms with van der Waals surface area (Å²) in [6.45, 7) is 2.17. The van der Waals surface area contributed by atoms with E-state index in [1.54, 1.807) is 4.99 Å². The van der Waals surface area contributed by atoms with E-state index in [9.17, 15) is 5.11 Å². The van der Waals surface area contributed by atoms with Crippen molar-refractivity contribution in [1.29, 1.82) is 0 Å². The highest BCUT2D eigenvalue weighted by molar-refractivity contribution is 9.11. The molecule has 2 heterocycles. The second kappa shape index (κ2) is 6.39. The molecule has 3 nitrogen and oxygen atoms in total. The number of alkyl halides is 2. The van der Waals surface area contributed by atoms with Crippen molar-refractivity contribution in [3.8, 4) is 0 Å². The average molecular weight is 487 g/mol. The molecule has 0 spiro atoms. The van der Waals surface area contributed by atoms with Gasteiger partial charge in [-0.1, -0.05) is 61.1 Å². The largest absolute Gasteiger partial charge is 0.367 e. The zero-order valence-corrected chi connectivity index (χ0v) is 16.5. The Kier molecular flexibility index (Phi) is 5.08. The van der Waals surface area contributed by atoms with Gasteiger partial charge >= 0.3 is 0 Å². The first-order valence-electron chi connectivity index (χ1n) is 7.36. The smallest absolute Gasteiger partial charge is 0.184 e. The quantitative estimate of drug-likeness (QED) is 0.476. The lowest BCUT2D eigenvalue weighted by molar-refractivity contribution is -0.232. The van der Waals surface area contributed by atoms with Crippen LogP contribution < -0.4 is 0 Å². The molecule has 0 aromatic carbocycles. The van der Waals surface area contributed by atoms with Crippen LogP contribution in [0.5, 0.6) is 0 Å². The molecular formula is C15H19Br3O3. The SMILES string of the molecule is CCC1C(Br)C[C@@H](Br)C2(O)OC3C[C@H](C=C=CBr)OC3C12. The van der Waals surface area contributed by atoms with Crippen molar-refractivity contribution in [3.63, 3.8) is 0 Å². The van der Waals surface area contributed by atoms with E-state index in [4.69, 9.17) is 9.47 Å². The van der Waals surface area contributed by atoms with Crippen LogP contribution >= 0.6 is 47.8 Å². The summed E-state index contributed by atoms with van der Waals surface area (Å²) in [6, 6.07) is 0. The Bertz CT molecular complexity index is 465. The minimum absolute atomic E-state index is 0.00125. The van der Waals surface area contributed by atoms with Crippen molar-refractivity contribution < 1.29 is 14.6 Å². The molecule has 8 atom stereocenters. The molecule has 1 saturated carbocycles. The van der Waals surface area contributed by atoms with Gasteiger partial charge in [-0.25, -0.2) is 0 Å². The van der Waals surface area contributed by atoms with Crippen molar-refractivity contribution in [2.45, 2.75) is 59.9 Å². The highest BCUT2D eigenvalue weighted by Gasteiger charge is 2.65. The Morgan fingerprint density at radius 3 is 2.81 bits per heavy atom. The van der Waals surface area contributed by atoms with E-state index < -0.39 is 5.79 Å². The third-order valence-corrected chi connectivity index (χ3v) is 7.30. The number of hydrogen-bond donors (Lipinski definition) is 1. The van der Waals surface area contributed by atoms with Gasteiger partial charge in [0.05, 0.1) is 23.1 Å².